The third-order valence-corrected chi connectivity index (χ3v) is 11.7. The third-order valence-electron chi connectivity index (χ3n) is 11.7. The molecule has 0 unspecified atom stereocenters. The molecule has 0 aromatic heterocycles. The average molecular weight is 665 g/mol. The lowest BCUT2D eigenvalue weighted by molar-refractivity contribution is 0.444. The highest BCUT2D eigenvalue weighted by Gasteiger charge is 2.21. The summed E-state index contributed by atoms with van der Waals surface area (Å²) in [6.07, 6.45) is 6.60. The molecular weight excluding hydrogens is 625 g/mol. The van der Waals surface area contributed by atoms with E-state index >= 15 is 0 Å². The Labute approximate surface area is 306 Å². The van der Waals surface area contributed by atoms with Crippen molar-refractivity contribution in [3.63, 3.8) is 0 Å². The van der Waals surface area contributed by atoms with Crippen LogP contribution in [-0.4, -0.2) is 0 Å². The molecule has 0 bridgehead atoms. The summed E-state index contributed by atoms with van der Waals surface area (Å²) in [5.41, 5.74) is 11.7. The summed E-state index contributed by atoms with van der Waals surface area (Å²) in [6.45, 7) is 0. The SMILES string of the molecule is c1ccc2cc(-c3ccc(-c4c5ccccc5c(-c5ccc(-c6cccc7ccccc67)cc5)c5ccc(C6CCCCC6)cc45)cc3)ccc2c1. The van der Waals surface area contributed by atoms with Gasteiger partial charge in [-0.05, 0) is 118 Å². The van der Waals surface area contributed by atoms with Crippen LogP contribution in [0.15, 0.2) is 176 Å². The molecule has 9 aromatic carbocycles. The highest BCUT2D eigenvalue weighted by Crippen LogP contribution is 2.46. The summed E-state index contributed by atoms with van der Waals surface area (Å²) >= 11 is 0. The van der Waals surface area contributed by atoms with Crippen LogP contribution in [0.1, 0.15) is 43.6 Å². The van der Waals surface area contributed by atoms with Gasteiger partial charge in [0.15, 0.2) is 0 Å². The van der Waals surface area contributed by atoms with Crippen molar-refractivity contribution in [3.05, 3.63) is 181 Å². The predicted molar refractivity (Wildman–Crippen MR) is 224 cm³/mol. The third kappa shape index (κ3) is 5.38. The van der Waals surface area contributed by atoms with Crippen LogP contribution >= 0.6 is 0 Å². The van der Waals surface area contributed by atoms with E-state index in [-0.39, 0.29) is 0 Å². The van der Waals surface area contributed by atoms with E-state index < -0.39 is 0 Å². The molecule has 52 heavy (non-hydrogen) atoms. The predicted octanol–water partition coefficient (Wildman–Crippen LogP) is 15.0. The number of hydrogen-bond donors (Lipinski definition) is 0. The fraction of sp³-hybridized carbons (Fsp3) is 0.115. The maximum Gasteiger partial charge on any atom is -0.00263 e. The van der Waals surface area contributed by atoms with Crippen LogP contribution in [0.2, 0.25) is 0 Å². The maximum absolute atomic E-state index is 2.55. The van der Waals surface area contributed by atoms with Crippen molar-refractivity contribution in [2.45, 2.75) is 38.0 Å². The molecule has 0 aliphatic heterocycles. The van der Waals surface area contributed by atoms with Crippen molar-refractivity contribution in [3.8, 4) is 44.5 Å². The van der Waals surface area contributed by atoms with E-state index in [0.29, 0.717) is 5.92 Å². The molecule has 0 radical (unpaired) electrons. The first-order valence-electron chi connectivity index (χ1n) is 19.0. The quantitative estimate of drug-likeness (QED) is 0.161. The fourth-order valence-corrected chi connectivity index (χ4v) is 9.00. The van der Waals surface area contributed by atoms with E-state index in [2.05, 4.69) is 176 Å². The van der Waals surface area contributed by atoms with Crippen LogP contribution in [0.25, 0.3) is 87.6 Å². The van der Waals surface area contributed by atoms with Gasteiger partial charge in [0.2, 0.25) is 0 Å². The molecule has 0 heteroatoms. The van der Waals surface area contributed by atoms with Gasteiger partial charge in [0, 0.05) is 0 Å². The fourth-order valence-electron chi connectivity index (χ4n) is 9.00. The van der Waals surface area contributed by atoms with Crippen molar-refractivity contribution >= 4 is 43.1 Å². The molecule has 0 N–H and O–H groups in total. The minimum atomic E-state index is 0.635. The molecule has 10 rings (SSSR count). The molecule has 0 spiro atoms. The molecule has 1 aliphatic carbocycles. The second kappa shape index (κ2) is 13.0. The van der Waals surface area contributed by atoms with Gasteiger partial charge in [0.1, 0.15) is 0 Å². The Morgan fingerprint density at radius 2 is 0.846 bits per heavy atom. The van der Waals surface area contributed by atoms with Gasteiger partial charge in [0.25, 0.3) is 0 Å². The molecule has 1 aliphatic rings. The average Bonchev–Trinajstić information content (AvgIpc) is 3.23. The summed E-state index contributed by atoms with van der Waals surface area (Å²) in [5.74, 6) is 0.635. The molecule has 0 amide bonds. The maximum atomic E-state index is 2.55. The minimum absolute atomic E-state index is 0.635. The van der Waals surface area contributed by atoms with Crippen molar-refractivity contribution in [2.24, 2.45) is 0 Å². The van der Waals surface area contributed by atoms with E-state index in [0.717, 1.165) is 0 Å². The van der Waals surface area contributed by atoms with E-state index in [1.165, 1.54) is 125 Å². The highest BCUT2D eigenvalue weighted by molar-refractivity contribution is 6.21. The first-order chi connectivity index (χ1) is 25.8. The Morgan fingerprint density at radius 3 is 1.58 bits per heavy atom. The van der Waals surface area contributed by atoms with E-state index in [4.69, 9.17) is 0 Å². The molecule has 9 aromatic rings. The Bertz CT molecular complexity index is 2740. The Hall–Kier alpha value is -5.98. The molecule has 0 nitrogen and oxygen atoms in total. The summed E-state index contributed by atoms with van der Waals surface area (Å²) < 4.78 is 0. The Morgan fingerprint density at radius 1 is 0.308 bits per heavy atom. The first kappa shape index (κ1) is 30.8. The molecule has 0 saturated heterocycles. The Balaban J connectivity index is 1.15. The second-order valence-electron chi connectivity index (χ2n) is 14.7. The normalized spacial score (nSPS) is 13.7. The molecular formula is C52H40. The summed E-state index contributed by atoms with van der Waals surface area (Å²) in [7, 11) is 0. The Kier molecular flexibility index (Phi) is 7.68. The van der Waals surface area contributed by atoms with Gasteiger partial charge >= 0.3 is 0 Å². The first-order valence-corrected chi connectivity index (χ1v) is 19.0. The standard InChI is InChI=1S/C52H40/c1-2-11-35(12-3-1)44-31-32-49-50(34-44)52(41-26-21-37(22-27-41)43-30-23-36-13-4-5-15-42(36)33-43)48-19-9-8-18-47(48)51(49)40-28-24-39(25-29-40)46-20-10-16-38-14-6-7-17-45(38)46/h4-10,13-35H,1-3,11-12H2. The topological polar surface area (TPSA) is 0 Å². The van der Waals surface area contributed by atoms with Gasteiger partial charge in [-0.2, -0.15) is 0 Å². The zero-order valence-electron chi connectivity index (χ0n) is 29.4. The van der Waals surface area contributed by atoms with Crippen LogP contribution in [0, 0.1) is 0 Å². The summed E-state index contributed by atoms with van der Waals surface area (Å²) in [5, 5.41) is 10.4. The lowest BCUT2D eigenvalue weighted by Gasteiger charge is -2.24. The summed E-state index contributed by atoms with van der Waals surface area (Å²) in [6, 6.07) is 65.8. The van der Waals surface area contributed by atoms with Gasteiger partial charge in [-0.1, -0.05) is 189 Å². The molecule has 1 saturated carbocycles. The zero-order valence-corrected chi connectivity index (χ0v) is 29.4. The van der Waals surface area contributed by atoms with Crippen LogP contribution < -0.4 is 0 Å². The van der Waals surface area contributed by atoms with Crippen LogP contribution in [0.5, 0.6) is 0 Å². The largest absolute Gasteiger partial charge is 0.0616 e. The molecule has 248 valence electrons. The van der Waals surface area contributed by atoms with Crippen LogP contribution in [-0.2, 0) is 0 Å². The van der Waals surface area contributed by atoms with Crippen LogP contribution in [0.3, 0.4) is 0 Å². The van der Waals surface area contributed by atoms with Gasteiger partial charge < -0.3 is 0 Å². The molecule has 0 atom stereocenters. The molecule has 0 heterocycles. The van der Waals surface area contributed by atoms with E-state index in [1.807, 2.05) is 0 Å². The number of fused-ring (bicyclic) bond motifs is 4. The smallest absolute Gasteiger partial charge is 0.00263 e. The lowest BCUT2D eigenvalue weighted by atomic mass is 9.80. The van der Waals surface area contributed by atoms with Crippen molar-refractivity contribution in [1.29, 1.82) is 0 Å². The van der Waals surface area contributed by atoms with Crippen molar-refractivity contribution in [1.82, 2.24) is 0 Å². The van der Waals surface area contributed by atoms with E-state index in [9.17, 15) is 0 Å². The zero-order chi connectivity index (χ0) is 34.4. The number of rotatable bonds is 5. The molecule has 1 fully saturated rings. The van der Waals surface area contributed by atoms with Gasteiger partial charge in [-0.15, -0.1) is 0 Å². The minimum Gasteiger partial charge on any atom is -0.0616 e. The van der Waals surface area contributed by atoms with E-state index in [1.54, 1.807) is 0 Å². The highest BCUT2D eigenvalue weighted by atomic mass is 14.2. The summed E-state index contributed by atoms with van der Waals surface area (Å²) in [4.78, 5) is 0. The second-order valence-corrected chi connectivity index (χ2v) is 14.7. The number of benzene rings is 9. The van der Waals surface area contributed by atoms with Crippen LogP contribution in [0.4, 0.5) is 0 Å². The number of hydrogen-bond acceptors (Lipinski definition) is 0. The van der Waals surface area contributed by atoms with Gasteiger partial charge in [0.05, 0.1) is 0 Å². The van der Waals surface area contributed by atoms with Crippen molar-refractivity contribution in [2.75, 3.05) is 0 Å². The van der Waals surface area contributed by atoms with Crippen molar-refractivity contribution < 1.29 is 0 Å². The lowest BCUT2D eigenvalue weighted by Crippen LogP contribution is -2.04. The van der Waals surface area contributed by atoms with Gasteiger partial charge in [-0.3, -0.25) is 0 Å². The van der Waals surface area contributed by atoms with Gasteiger partial charge in [-0.25, -0.2) is 0 Å². The monoisotopic (exact) mass is 664 g/mol.